The number of nitrogens with one attached hydrogen (secondary N) is 1. The lowest BCUT2D eigenvalue weighted by atomic mass is 10.2. The second kappa shape index (κ2) is 9.95. The summed E-state index contributed by atoms with van der Waals surface area (Å²) in [6.07, 6.45) is 3.80. The monoisotopic (exact) mass is 416 g/mol. The molecule has 0 radical (unpaired) electrons. The van der Waals surface area contributed by atoms with E-state index in [-0.39, 0.29) is 11.2 Å². The predicted octanol–water partition coefficient (Wildman–Crippen LogP) is 5.54. The Morgan fingerprint density at radius 1 is 1.20 bits per heavy atom. The summed E-state index contributed by atoms with van der Waals surface area (Å²) in [6, 6.07) is 19.7. The van der Waals surface area contributed by atoms with Crippen LogP contribution in [0.3, 0.4) is 0 Å². The molecule has 5 nitrogen and oxygen atoms in total. The van der Waals surface area contributed by atoms with Crippen LogP contribution in [0.15, 0.2) is 65.6 Å². The van der Waals surface area contributed by atoms with Gasteiger partial charge in [0.05, 0.1) is 23.1 Å². The quantitative estimate of drug-likeness (QED) is 0.406. The van der Waals surface area contributed by atoms with E-state index in [0.717, 1.165) is 33.2 Å². The summed E-state index contributed by atoms with van der Waals surface area (Å²) in [5, 5.41) is 16.6. The number of nitriles is 1. The number of anilines is 1. The number of hydrogen-bond acceptors (Lipinski definition) is 4. The van der Waals surface area contributed by atoms with Crippen molar-refractivity contribution in [3.63, 3.8) is 0 Å². The van der Waals surface area contributed by atoms with Gasteiger partial charge in [-0.05, 0) is 44.2 Å². The molecule has 1 N–H and O–H groups in total. The number of benzene rings is 2. The number of rotatable bonds is 7. The third-order valence-electron chi connectivity index (χ3n) is 4.60. The Kier molecular flexibility index (Phi) is 7.10. The van der Waals surface area contributed by atoms with Gasteiger partial charge in [0.15, 0.2) is 0 Å². The van der Waals surface area contributed by atoms with Crippen LogP contribution in [0.5, 0.6) is 0 Å². The third kappa shape index (κ3) is 5.19. The van der Waals surface area contributed by atoms with E-state index < -0.39 is 0 Å². The van der Waals surface area contributed by atoms with Gasteiger partial charge >= 0.3 is 0 Å². The first-order chi connectivity index (χ1) is 14.5. The van der Waals surface area contributed by atoms with Gasteiger partial charge in [-0.1, -0.05) is 37.3 Å². The van der Waals surface area contributed by atoms with Crippen LogP contribution in [-0.2, 0) is 4.79 Å². The van der Waals surface area contributed by atoms with Crippen LogP contribution in [-0.4, -0.2) is 20.9 Å². The smallest absolute Gasteiger partial charge is 0.248 e. The maximum absolute atomic E-state index is 12.6. The zero-order chi connectivity index (χ0) is 21.5. The highest BCUT2D eigenvalue weighted by Gasteiger charge is 2.12. The fraction of sp³-hybridized carbons (Fsp3) is 0.208. The van der Waals surface area contributed by atoms with Crippen molar-refractivity contribution >= 4 is 29.4 Å². The molecule has 0 saturated carbocycles. The van der Waals surface area contributed by atoms with Crippen molar-refractivity contribution in [2.75, 3.05) is 5.32 Å². The average Bonchev–Trinajstić information content (AvgIpc) is 3.02. The molecule has 1 aromatic heterocycles. The molecule has 2 aromatic carbocycles. The lowest BCUT2D eigenvalue weighted by molar-refractivity contribution is -0.111. The fourth-order valence-corrected chi connectivity index (χ4v) is 4.10. The number of para-hydroxylation sites is 2. The second-order valence-electron chi connectivity index (χ2n) is 6.94. The topological polar surface area (TPSA) is 70.7 Å². The Morgan fingerprint density at radius 3 is 2.63 bits per heavy atom. The van der Waals surface area contributed by atoms with Gasteiger partial charge in [-0.25, -0.2) is 4.68 Å². The summed E-state index contributed by atoms with van der Waals surface area (Å²) in [5.41, 5.74) is 4.50. The molecule has 0 spiro atoms. The van der Waals surface area contributed by atoms with Gasteiger partial charge in [0, 0.05) is 33.9 Å². The summed E-state index contributed by atoms with van der Waals surface area (Å²) in [5.74, 6) is -0.206. The Labute approximate surface area is 181 Å². The van der Waals surface area contributed by atoms with Crippen molar-refractivity contribution in [2.24, 2.45) is 0 Å². The lowest BCUT2D eigenvalue weighted by Crippen LogP contribution is -2.09. The molecule has 1 atom stereocenters. The molecule has 1 amide bonds. The number of amides is 1. The average molecular weight is 417 g/mol. The Bertz CT molecular complexity index is 1100. The van der Waals surface area contributed by atoms with Crippen molar-refractivity contribution < 1.29 is 4.79 Å². The van der Waals surface area contributed by atoms with Crippen LogP contribution in [0.4, 0.5) is 5.69 Å². The number of aryl methyl sites for hydroxylation is 1. The highest BCUT2D eigenvalue weighted by atomic mass is 32.2. The van der Waals surface area contributed by atoms with Crippen molar-refractivity contribution in [1.82, 2.24) is 9.78 Å². The lowest BCUT2D eigenvalue weighted by Gasteiger charge is -2.12. The molecule has 1 heterocycles. The fourth-order valence-electron chi connectivity index (χ4n) is 3.11. The Balaban J connectivity index is 1.75. The molecule has 0 aliphatic rings. The molecule has 1 unspecified atom stereocenters. The number of carbonyl (C=O) groups excluding carboxylic acids is 1. The van der Waals surface area contributed by atoms with E-state index in [0.29, 0.717) is 6.42 Å². The first-order valence-corrected chi connectivity index (χ1v) is 10.6. The third-order valence-corrected chi connectivity index (χ3v) is 5.78. The van der Waals surface area contributed by atoms with E-state index in [1.165, 1.54) is 6.08 Å². The highest BCUT2D eigenvalue weighted by Crippen LogP contribution is 2.31. The van der Waals surface area contributed by atoms with Crippen molar-refractivity contribution in [2.45, 2.75) is 37.3 Å². The molecular formula is C24H24N4OS. The van der Waals surface area contributed by atoms with Crippen LogP contribution in [0.25, 0.3) is 11.8 Å². The molecule has 3 aromatic rings. The standard InChI is InChI=1S/C24H24N4OS/c1-17(15-16-25)30-23-12-8-7-11-22(23)26-24(29)14-13-21-18(2)27-28(19(21)3)20-9-5-4-6-10-20/h4-14,17H,15H2,1-3H3,(H,26,29)/b14-13+. The van der Waals surface area contributed by atoms with Crippen LogP contribution in [0.2, 0.25) is 0 Å². The van der Waals surface area contributed by atoms with Gasteiger partial charge in [-0.2, -0.15) is 10.4 Å². The number of hydrogen-bond donors (Lipinski definition) is 1. The maximum atomic E-state index is 12.6. The van der Waals surface area contributed by atoms with Crippen LogP contribution in [0, 0.1) is 25.2 Å². The highest BCUT2D eigenvalue weighted by molar-refractivity contribution is 8.00. The van der Waals surface area contributed by atoms with E-state index in [4.69, 9.17) is 5.26 Å². The summed E-state index contributed by atoms with van der Waals surface area (Å²) < 4.78 is 1.88. The first kappa shape index (κ1) is 21.4. The van der Waals surface area contributed by atoms with E-state index in [9.17, 15) is 4.79 Å². The zero-order valence-corrected chi connectivity index (χ0v) is 18.1. The van der Waals surface area contributed by atoms with E-state index in [2.05, 4.69) is 16.5 Å². The van der Waals surface area contributed by atoms with Gasteiger partial charge in [0.2, 0.25) is 5.91 Å². The SMILES string of the molecule is Cc1nn(-c2ccccc2)c(C)c1/C=C/C(=O)Nc1ccccc1SC(C)CC#N. The number of nitrogens with zero attached hydrogens (tertiary/aromatic N) is 3. The largest absolute Gasteiger partial charge is 0.321 e. The van der Waals surface area contributed by atoms with Gasteiger partial charge in [0.25, 0.3) is 0 Å². The molecule has 0 fully saturated rings. The van der Waals surface area contributed by atoms with Crippen molar-refractivity contribution in [1.29, 1.82) is 5.26 Å². The molecule has 0 aliphatic heterocycles. The molecule has 0 saturated heterocycles. The van der Waals surface area contributed by atoms with Crippen molar-refractivity contribution in [3.8, 4) is 11.8 Å². The number of aromatic nitrogens is 2. The minimum atomic E-state index is -0.206. The van der Waals surface area contributed by atoms with E-state index >= 15 is 0 Å². The first-order valence-electron chi connectivity index (χ1n) is 9.73. The summed E-state index contributed by atoms with van der Waals surface area (Å²) in [7, 11) is 0. The second-order valence-corrected chi connectivity index (χ2v) is 8.42. The minimum Gasteiger partial charge on any atom is -0.321 e. The van der Waals surface area contributed by atoms with Crippen LogP contribution < -0.4 is 5.32 Å². The molecule has 6 heteroatoms. The maximum Gasteiger partial charge on any atom is 0.248 e. The van der Waals surface area contributed by atoms with E-state index in [1.54, 1.807) is 17.8 Å². The molecule has 30 heavy (non-hydrogen) atoms. The van der Waals surface area contributed by atoms with Gasteiger partial charge in [-0.3, -0.25) is 4.79 Å². The summed E-state index contributed by atoms with van der Waals surface area (Å²) in [4.78, 5) is 13.5. The normalized spacial score (nSPS) is 11.9. The summed E-state index contributed by atoms with van der Waals surface area (Å²) in [6.45, 7) is 5.93. The molecule has 3 rings (SSSR count). The molecule has 152 valence electrons. The molecule has 0 bridgehead atoms. The zero-order valence-electron chi connectivity index (χ0n) is 17.3. The Hall–Kier alpha value is -3.30. The van der Waals surface area contributed by atoms with Gasteiger partial charge in [-0.15, -0.1) is 11.8 Å². The summed E-state index contributed by atoms with van der Waals surface area (Å²) >= 11 is 1.58. The van der Waals surface area contributed by atoms with E-state index in [1.807, 2.05) is 80.1 Å². The minimum absolute atomic E-state index is 0.151. The number of carbonyl (C=O) groups is 1. The predicted molar refractivity (Wildman–Crippen MR) is 123 cm³/mol. The van der Waals surface area contributed by atoms with Gasteiger partial charge in [0.1, 0.15) is 0 Å². The number of thioether (sulfide) groups is 1. The Morgan fingerprint density at radius 2 is 1.90 bits per heavy atom. The van der Waals surface area contributed by atoms with Gasteiger partial charge < -0.3 is 5.32 Å². The molecule has 0 aliphatic carbocycles. The van der Waals surface area contributed by atoms with Crippen LogP contribution >= 0.6 is 11.8 Å². The van der Waals surface area contributed by atoms with Crippen molar-refractivity contribution in [3.05, 3.63) is 77.6 Å². The molecular weight excluding hydrogens is 392 g/mol. The van der Waals surface area contributed by atoms with Crippen LogP contribution in [0.1, 0.15) is 30.3 Å².